The number of amides is 1. The van der Waals surface area contributed by atoms with Crippen LogP contribution in [0.3, 0.4) is 0 Å². The van der Waals surface area contributed by atoms with Gasteiger partial charge in [0.25, 0.3) is 5.91 Å². The van der Waals surface area contributed by atoms with E-state index in [1.165, 1.54) is 6.20 Å². The topological polar surface area (TPSA) is 76.1 Å². The van der Waals surface area contributed by atoms with Crippen molar-refractivity contribution in [1.82, 2.24) is 20.6 Å². The van der Waals surface area contributed by atoms with E-state index in [2.05, 4.69) is 20.6 Å². The van der Waals surface area contributed by atoms with Crippen LogP contribution in [0.15, 0.2) is 36.7 Å². The van der Waals surface area contributed by atoms with Gasteiger partial charge in [-0.15, -0.1) is 0 Å². The smallest absolute Gasteiger partial charge is 0.272 e. The van der Waals surface area contributed by atoms with Crippen LogP contribution in [0.4, 0.5) is 0 Å². The monoisotopic (exact) mass is 312 g/mol. The number of carbonyl (C=O) groups excluding carboxylic acids is 1. The Morgan fingerprint density at radius 2 is 2.22 bits per heavy atom. The number of hydrogen-bond donors (Lipinski definition) is 2. The third-order valence-electron chi connectivity index (χ3n) is 3.89. The molecule has 0 bridgehead atoms. The SMILES string of the molecule is COc1cccc(-c2nccnc2C(=O)N[C@H]2CCCNC2)c1. The summed E-state index contributed by atoms with van der Waals surface area (Å²) in [4.78, 5) is 21.2. The fourth-order valence-corrected chi connectivity index (χ4v) is 2.71. The first kappa shape index (κ1) is 15.4. The van der Waals surface area contributed by atoms with Crippen LogP contribution >= 0.6 is 0 Å². The second-order valence-corrected chi connectivity index (χ2v) is 5.50. The van der Waals surface area contributed by atoms with Crippen LogP contribution in [0.2, 0.25) is 0 Å². The summed E-state index contributed by atoms with van der Waals surface area (Å²) in [6.07, 6.45) is 5.17. The molecule has 120 valence electrons. The van der Waals surface area contributed by atoms with E-state index in [0.29, 0.717) is 11.4 Å². The van der Waals surface area contributed by atoms with E-state index in [-0.39, 0.29) is 11.9 Å². The Morgan fingerprint density at radius 3 is 3.00 bits per heavy atom. The summed E-state index contributed by atoms with van der Waals surface area (Å²) in [5.41, 5.74) is 1.71. The van der Waals surface area contributed by atoms with Gasteiger partial charge in [-0.1, -0.05) is 12.1 Å². The molecule has 3 rings (SSSR count). The van der Waals surface area contributed by atoms with Crippen LogP contribution < -0.4 is 15.4 Å². The zero-order chi connectivity index (χ0) is 16.1. The lowest BCUT2D eigenvalue weighted by Gasteiger charge is -2.23. The van der Waals surface area contributed by atoms with Crippen molar-refractivity contribution in [3.05, 3.63) is 42.4 Å². The largest absolute Gasteiger partial charge is 0.497 e. The molecule has 1 atom stereocenters. The number of aromatic nitrogens is 2. The first-order valence-corrected chi connectivity index (χ1v) is 7.75. The Balaban J connectivity index is 1.86. The zero-order valence-electron chi connectivity index (χ0n) is 13.1. The van der Waals surface area contributed by atoms with Crippen molar-refractivity contribution in [3.63, 3.8) is 0 Å². The van der Waals surface area contributed by atoms with Crippen molar-refractivity contribution in [2.45, 2.75) is 18.9 Å². The van der Waals surface area contributed by atoms with Crippen LogP contribution in [0.5, 0.6) is 5.75 Å². The fraction of sp³-hybridized carbons (Fsp3) is 0.353. The quantitative estimate of drug-likeness (QED) is 0.897. The molecule has 6 nitrogen and oxygen atoms in total. The van der Waals surface area contributed by atoms with E-state index in [0.717, 1.165) is 37.2 Å². The van der Waals surface area contributed by atoms with Gasteiger partial charge in [-0.25, -0.2) is 4.98 Å². The minimum atomic E-state index is -0.190. The molecule has 0 radical (unpaired) electrons. The van der Waals surface area contributed by atoms with Gasteiger partial charge in [0.1, 0.15) is 11.4 Å². The summed E-state index contributed by atoms with van der Waals surface area (Å²) in [6.45, 7) is 1.80. The van der Waals surface area contributed by atoms with Gasteiger partial charge in [0.05, 0.1) is 7.11 Å². The van der Waals surface area contributed by atoms with Gasteiger partial charge in [-0.3, -0.25) is 9.78 Å². The lowest BCUT2D eigenvalue weighted by atomic mass is 10.1. The molecule has 1 saturated heterocycles. The summed E-state index contributed by atoms with van der Waals surface area (Å²) in [5, 5.41) is 6.32. The Kier molecular flexibility index (Phi) is 4.83. The van der Waals surface area contributed by atoms with Crippen molar-refractivity contribution in [2.75, 3.05) is 20.2 Å². The third-order valence-corrected chi connectivity index (χ3v) is 3.89. The number of ether oxygens (including phenoxy) is 1. The molecule has 2 N–H and O–H groups in total. The summed E-state index contributed by atoms with van der Waals surface area (Å²) < 4.78 is 5.24. The Hall–Kier alpha value is -2.47. The first-order valence-electron chi connectivity index (χ1n) is 7.75. The normalized spacial score (nSPS) is 17.5. The molecule has 0 saturated carbocycles. The Bertz CT molecular complexity index is 684. The third kappa shape index (κ3) is 3.65. The zero-order valence-corrected chi connectivity index (χ0v) is 13.1. The van der Waals surface area contributed by atoms with Crippen molar-refractivity contribution in [1.29, 1.82) is 0 Å². The van der Waals surface area contributed by atoms with E-state index >= 15 is 0 Å². The molecular formula is C17H20N4O2. The van der Waals surface area contributed by atoms with Crippen molar-refractivity contribution >= 4 is 5.91 Å². The number of hydrogen-bond acceptors (Lipinski definition) is 5. The Labute approximate surface area is 135 Å². The first-order chi connectivity index (χ1) is 11.3. The minimum absolute atomic E-state index is 0.136. The number of benzene rings is 1. The minimum Gasteiger partial charge on any atom is -0.497 e. The van der Waals surface area contributed by atoms with Crippen LogP contribution in [0, 0.1) is 0 Å². The van der Waals surface area contributed by atoms with E-state index in [1.807, 2.05) is 24.3 Å². The van der Waals surface area contributed by atoms with Gasteiger partial charge in [0.15, 0.2) is 5.69 Å². The van der Waals surface area contributed by atoms with Gasteiger partial charge in [0.2, 0.25) is 0 Å². The van der Waals surface area contributed by atoms with Gasteiger partial charge < -0.3 is 15.4 Å². The van der Waals surface area contributed by atoms with E-state index < -0.39 is 0 Å². The molecule has 2 aromatic rings. The lowest BCUT2D eigenvalue weighted by molar-refractivity contribution is 0.0926. The Morgan fingerprint density at radius 1 is 1.35 bits per heavy atom. The lowest BCUT2D eigenvalue weighted by Crippen LogP contribution is -2.45. The van der Waals surface area contributed by atoms with Crippen molar-refractivity contribution in [2.24, 2.45) is 0 Å². The number of carbonyl (C=O) groups is 1. The second kappa shape index (κ2) is 7.19. The summed E-state index contributed by atoms with van der Waals surface area (Å²) in [7, 11) is 1.61. The van der Waals surface area contributed by atoms with E-state index in [1.54, 1.807) is 13.3 Å². The van der Waals surface area contributed by atoms with Crippen LogP contribution in [0.1, 0.15) is 23.3 Å². The number of nitrogens with zero attached hydrogens (tertiary/aromatic N) is 2. The number of rotatable bonds is 4. The number of nitrogens with one attached hydrogen (secondary N) is 2. The maximum absolute atomic E-state index is 12.6. The maximum Gasteiger partial charge on any atom is 0.272 e. The standard InChI is InChI=1S/C17H20N4O2/c1-23-14-6-2-4-12(10-14)15-16(20-9-8-19-15)17(22)21-13-5-3-7-18-11-13/h2,4,6,8-10,13,18H,3,5,7,11H2,1H3,(H,21,22)/t13-/m0/s1. The number of piperidine rings is 1. The maximum atomic E-state index is 12.6. The molecule has 0 aliphatic carbocycles. The highest BCUT2D eigenvalue weighted by Gasteiger charge is 2.20. The van der Waals surface area contributed by atoms with Crippen LogP contribution in [0.25, 0.3) is 11.3 Å². The molecule has 1 aliphatic rings. The average molecular weight is 312 g/mol. The highest BCUT2D eigenvalue weighted by atomic mass is 16.5. The highest BCUT2D eigenvalue weighted by Crippen LogP contribution is 2.24. The predicted octanol–water partition coefficient (Wildman–Crippen LogP) is 1.63. The van der Waals surface area contributed by atoms with Gasteiger partial charge in [-0.05, 0) is 31.5 Å². The second-order valence-electron chi connectivity index (χ2n) is 5.50. The molecule has 23 heavy (non-hydrogen) atoms. The van der Waals surface area contributed by atoms with Gasteiger partial charge >= 0.3 is 0 Å². The van der Waals surface area contributed by atoms with Gasteiger partial charge in [-0.2, -0.15) is 0 Å². The fourth-order valence-electron chi connectivity index (χ4n) is 2.71. The van der Waals surface area contributed by atoms with Crippen LogP contribution in [-0.4, -0.2) is 42.1 Å². The molecule has 1 aliphatic heterocycles. The molecule has 0 spiro atoms. The van der Waals surface area contributed by atoms with Crippen molar-refractivity contribution < 1.29 is 9.53 Å². The highest BCUT2D eigenvalue weighted by molar-refractivity contribution is 5.98. The molecule has 1 aromatic heterocycles. The molecular weight excluding hydrogens is 292 g/mol. The number of methoxy groups -OCH3 is 1. The van der Waals surface area contributed by atoms with E-state index in [9.17, 15) is 4.79 Å². The summed E-state index contributed by atoms with van der Waals surface area (Å²) in [6, 6.07) is 7.61. The van der Waals surface area contributed by atoms with E-state index in [4.69, 9.17) is 4.74 Å². The molecule has 0 unspecified atom stereocenters. The molecule has 6 heteroatoms. The summed E-state index contributed by atoms with van der Waals surface area (Å²) >= 11 is 0. The molecule has 1 fully saturated rings. The average Bonchev–Trinajstić information content (AvgIpc) is 2.62. The molecule has 2 heterocycles. The molecule has 1 aromatic carbocycles. The molecule has 1 amide bonds. The van der Waals surface area contributed by atoms with Crippen LogP contribution in [-0.2, 0) is 0 Å². The summed E-state index contributed by atoms with van der Waals surface area (Å²) in [5.74, 6) is 0.528. The van der Waals surface area contributed by atoms with Crippen molar-refractivity contribution in [3.8, 4) is 17.0 Å². The predicted molar refractivity (Wildman–Crippen MR) is 87.4 cm³/mol. The van der Waals surface area contributed by atoms with Gasteiger partial charge in [0, 0.05) is 30.5 Å².